The average Bonchev–Trinajstić information content (AvgIpc) is 3.24. The Morgan fingerprint density at radius 1 is 0.941 bits per heavy atom. The molecule has 5 aromatic rings. The summed E-state index contributed by atoms with van der Waals surface area (Å²) in [6.07, 6.45) is 0.479. The number of nitrogens with one attached hydrogen (secondary N) is 2. The van der Waals surface area contributed by atoms with Crippen LogP contribution in [0.3, 0.4) is 0 Å². The number of fused-ring (bicyclic) bond motifs is 1. The maximum Gasteiger partial charge on any atom is 0.416 e. The zero-order valence-corrected chi connectivity index (χ0v) is 17.9. The largest absolute Gasteiger partial charge is 0.416 e. The zero-order valence-electron chi connectivity index (χ0n) is 17.1. The van der Waals surface area contributed by atoms with E-state index in [0.29, 0.717) is 21.8 Å². The van der Waals surface area contributed by atoms with Gasteiger partial charge < -0.3 is 15.2 Å². The molecule has 2 N–H and O–H groups in total. The molecule has 34 heavy (non-hydrogen) atoms. The summed E-state index contributed by atoms with van der Waals surface area (Å²) in [5.74, 6) is 0.499. The number of hydrogen-bond donors (Lipinski definition) is 2. The molecule has 0 atom stereocenters. The lowest BCUT2D eigenvalue weighted by Crippen LogP contribution is -2.05. The molecule has 0 spiro atoms. The molecule has 0 fully saturated rings. The molecule has 2 aromatic carbocycles. The first-order chi connectivity index (χ1) is 16.4. The molecule has 0 amide bonds. The Balaban J connectivity index is 1.47. The molecule has 0 aliphatic carbocycles. The molecule has 5 rings (SSSR count). The first kappa shape index (κ1) is 21.7. The summed E-state index contributed by atoms with van der Waals surface area (Å²) in [4.78, 5) is 12.8. The van der Waals surface area contributed by atoms with Crippen molar-refractivity contribution in [1.82, 2.24) is 20.1 Å². The number of nitrogens with zero attached hydrogens (tertiary/aromatic N) is 4. The minimum atomic E-state index is -4.46. The van der Waals surface area contributed by atoms with Gasteiger partial charge in [0, 0.05) is 29.8 Å². The van der Waals surface area contributed by atoms with Crippen molar-refractivity contribution in [2.45, 2.75) is 6.18 Å². The predicted molar refractivity (Wildman–Crippen MR) is 122 cm³/mol. The van der Waals surface area contributed by atoms with Crippen LogP contribution in [0.2, 0.25) is 5.02 Å². The molecule has 0 unspecified atom stereocenters. The molecule has 7 nitrogen and oxygen atoms in total. The van der Waals surface area contributed by atoms with Crippen molar-refractivity contribution in [3.8, 4) is 11.3 Å². The molecule has 11 heteroatoms. The van der Waals surface area contributed by atoms with Gasteiger partial charge in [-0.05, 0) is 48.5 Å². The van der Waals surface area contributed by atoms with Gasteiger partial charge in [-0.1, -0.05) is 22.8 Å². The Morgan fingerprint density at radius 3 is 2.62 bits per heavy atom. The predicted octanol–water partition coefficient (Wildman–Crippen LogP) is 6.84. The van der Waals surface area contributed by atoms with Crippen LogP contribution in [0.4, 0.5) is 36.3 Å². The van der Waals surface area contributed by atoms with Gasteiger partial charge in [-0.25, -0.2) is 9.97 Å². The van der Waals surface area contributed by atoms with Crippen LogP contribution >= 0.6 is 11.6 Å². The van der Waals surface area contributed by atoms with E-state index in [1.54, 1.807) is 42.9 Å². The Labute approximate surface area is 195 Å². The zero-order chi connectivity index (χ0) is 23.7. The van der Waals surface area contributed by atoms with Gasteiger partial charge in [0.2, 0.25) is 5.95 Å². The Kier molecular flexibility index (Phi) is 5.50. The minimum absolute atomic E-state index is 0.210. The number of halogens is 4. The number of anilines is 4. The van der Waals surface area contributed by atoms with Crippen LogP contribution in [-0.4, -0.2) is 20.1 Å². The topological polar surface area (TPSA) is 88.8 Å². The van der Waals surface area contributed by atoms with E-state index in [9.17, 15) is 13.2 Å². The minimum Gasteiger partial charge on any atom is -0.352 e. The molecule has 3 heterocycles. The van der Waals surface area contributed by atoms with E-state index < -0.39 is 11.7 Å². The highest BCUT2D eigenvalue weighted by Gasteiger charge is 2.30. The molecular weight excluding hydrogens is 469 g/mol. The molecule has 170 valence electrons. The van der Waals surface area contributed by atoms with Gasteiger partial charge in [0.25, 0.3) is 0 Å². The van der Waals surface area contributed by atoms with Crippen LogP contribution in [0.1, 0.15) is 5.56 Å². The van der Waals surface area contributed by atoms with Crippen molar-refractivity contribution >= 4 is 45.7 Å². The molecule has 0 radical (unpaired) electrons. The Bertz CT molecular complexity index is 1470. The quantitative estimate of drug-likeness (QED) is 0.283. The fraction of sp³-hybridized carbons (Fsp3) is 0.0435. The first-order valence-corrected chi connectivity index (χ1v) is 10.3. The first-order valence-electron chi connectivity index (χ1n) is 9.91. The van der Waals surface area contributed by atoms with Gasteiger partial charge in [0.1, 0.15) is 5.69 Å². The van der Waals surface area contributed by atoms with Crippen molar-refractivity contribution in [1.29, 1.82) is 0 Å². The van der Waals surface area contributed by atoms with Crippen molar-refractivity contribution in [2.75, 3.05) is 10.6 Å². The number of aromatic nitrogens is 4. The highest BCUT2D eigenvalue weighted by atomic mass is 35.5. The molecule has 0 aliphatic heterocycles. The Morgan fingerprint density at radius 2 is 1.82 bits per heavy atom. The van der Waals surface area contributed by atoms with E-state index in [1.807, 2.05) is 6.07 Å². The van der Waals surface area contributed by atoms with Crippen LogP contribution in [0.5, 0.6) is 0 Å². The van der Waals surface area contributed by atoms with E-state index in [0.717, 1.165) is 17.7 Å². The number of hydrogen-bond acceptors (Lipinski definition) is 7. The second kappa shape index (κ2) is 8.64. The normalized spacial score (nSPS) is 11.5. The van der Waals surface area contributed by atoms with Crippen molar-refractivity contribution in [2.24, 2.45) is 0 Å². The van der Waals surface area contributed by atoms with Crippen LogP contribution in [0, 0.1) is 0 Å². The third-order valence-corrected chi connectivity index (χ3v) is 5.21. The lowest BCUT2D eigenvalue weighted by Gasteiger charge is -2.10. The number of pyridine rings is 1. The van der Waals surface area contributed by atoms with Crippen molar-refractivity contribution < 1.29 is 17.7 Å². The molecule has 3 aromatic heterocycles. The maximum atomic E-state index is 13.0. The summed E-state index contributed by atoms with van der Waals surface area (Å²) in [6, 6.07) is 13.5. The monoisotopic (exact) mass is 482 g/mol. The molecule has 0 aliphatic rings. The highest BCUT2D eigenvalue weighted by molar-refractivity contribution is 6.35. The summed E-state index contributed by atoms with van der Waals surface area (Å²) >= 11 is 6.39. The van der Waals surface area contributed by atoms with E-state index in [2.05, 4.69) is 30.7 Å². The van der Waals surface area contributed by atoms with Gasteiger partial charge in [-0.2, -0.15) is 13.2 Å². The van der Waals surface area contributed by atoms with Gasteiger partial charge in [-0.15, -0.1) is 0 Å². The lowest BCUT2D eigenvalue weighted by atomic mass is 10.2. The maximum absolute atomic E-state index is 13.0. The Hall–Kier alpha value is -4.18. The van der Waals surface area contributed by atoms with Crippen LogP contribution in [0.15, 0.2) is 77.7 Å². The fourth-order valence-electron chi connectivity index (χ4n) is 3.30. The smallest absolute Gasteiger partial charge is 0.352 e. The van der Waals surface area contributed by atoms with Gasteiger partial charge in [0.05, 0.1) is 21.7 Å². The van der Waals surface area contributed by atoms with E-state index in [4.69, 9.17) is 16.1 Å². The average molecular weight is 483 g/mol. The molecule has 0 saturated carbocycles. The van der Waals surface area contributed by atoms with Crippen LogP contribution in [-0.2, 0) is 6.18 Å². The number of benzene rings is 2. The molecule has 0 bridgehead atoms. The third kappa shape index (κ3) is 4.35. The van der Waals surface area contributed by atoms with Crippen LogP contribution < -0.4 is 10.6 Å². The van der Waals surface area contributed by atoms with E-state index in [1.165, 1.54) is 12.1 Å². The fourth-order valence-corrected chi connectivity index (χ4v) is 3.50. The van der Waals surface area contributed by atoms with Crippen molar-refractivity contribution in [3.63, 3.8) is 0 Å². The highest BCUT2D eigenvalue weighted by Crippen LogP contribution is 2.38. The van der Waals surface area contributed by atoms with Gasteiger partial charge >= 0.3 is 6.18 Å². The van der Waals surface area contributed by atoms with E-state index in [-0.39, 0.29) is 23.0 Å². The van der Waals surface area contributed by atoms with Crippen molar-refractivity contribution in [3.05, 3.63) is 83.8 Å². The molecule has 0 saturated heterocycles. The van der Waals surface area contributed by atoms with Gasteiger partial charge in [-0.3, -0.25) is 4.98 Å². The summed E-state index contributed by atoms with van der Waals surface area (Å²) in [6.45, 7) is 0. The summed E-state index contributed by atoms with van der Waals surface area (Å²) in [5, 5.41) is 10.7. The number of rotatable bonds is 5. The number of alkyl halides is 3. The third-order valence-electron chi connectivity index (χ3n) is 4.89. The lowest BCUT2D eigenvalue weighted by molar-refractivity contribution is -0.137. The van der Waals surface area contributed by atoms with E-state index >= 15 is 0 Å². The molecular formula is C23H14ClF3N6O. The van der Waals surface area contributed by atoms with Gasteiger partial charge in [0.15, 0.2) is 11.4 Å². The summed E-state index contributed by atoms with van der Waals surface area (Å²) < 4.78 is 44.6. The summed E-state index contributed by atoms with van der Waals surface area (Å²) in [5.41, 5.74) is 1.55. The van der Waals surface area contributed by atoms with Crippen LogP contribution in [0.25, 0.3) is 22.2 Å². The SMILES string of the molecule is FC(F)(F)c1cccc(Nc2noc3c(Nc4nccc(-c5cccnc5)n4)c(Cl)ccc23)c1. The summed E-state index contributed by atoms with van der Waals surface area (Å²) in [7, 11) is 0. The standard InChI is InChI=1S/C23H14ClF3N6O/c24-17-7-6-16-20(34-33-21(16)30-15-5-1-4-14(11-15)23(25,26)27)19(17)32-22-29-10-8-18(31-22)13-3-2-9-28-12-13/h1-12H,(H,30,33)(H,29,31,32). The second-order valence-electron chi connectivity index (χ2n) is 7.17. The second-order valence-corrected chi connectivity index (χ2v) is 7.57.